The van der Waals surface area contributed by atoms with Crippen LogP contribution in [0.3, 0.4) is 0 Å². The average molecular weight is 424 g/mol. The van der Waals surface area contributed by atoms with Crippen molar-refractivity contribution in [2.75, 3.05) is 38.2 Å². The molecule has 4 rings (SSSR count). The number of hydrogen-bond acceptors (Lipinski definition) is 5. The first-order valence-corrected chi connectivity index (χ1v) is 10.8. The molecule has 0 spiro atoms. The minimum Gasteiger partial charge on any atom is -0.486 e. The Labute approximate surface area is 182 Å². The summed E-state index contributed by atoms with van der Waals surface area (Å²) < 4.78 is 11.3. The maximum absolute atomic E-state index is 12.5. The normalized spacial score (nSPS) is 17.9. The molecule has 7 nitrogen and oxygen atoms in total. The van der Waals surface area contributed by atoms with Crippen molar-refractivity contribution in [1.82, 2.24) is 10.2 Å². The van der Waals surface area contributed by atoms with E-state index in [-0.39, 0.29) is 30.9 Å². The summed E-state index contributed by atoms with van der Waals surface area (Å²) in [5.74, 6) is 1.16. The molecule has 2 heterocycles. The Hall–Kier alpha value is -3.06. The fraction of sp³-hybridized carbons (Fsp3) is 0.417. The molecule has 0 bridgehead atoms. The molecule has 7 heteroatoms. The zero-order valence-corrected chi connectivity index (χ0v) is 18.1. The van der Waals surface area contributed by atoms with Gasteiger partial charge < -0.3 is 20.1 Å². The number of amides is 2. The summed E-state index contributed by atoms with van der Waals surface area (Å²) in [4.78, 5) is 27.0. The number of aryl methyl sites for hydroxylation is 2. The van der Waals surface area contributed by atoms with Crippen molar-refractivity contribution >= 4 is 17.5 Å². The van der Waals surface area contributed by atoms with Crippen molar-refractivity contribution in [3.63, 3.8) is 0 Å². The predicted octanol–water partition coefficient (Wildman–Crippen LogP) is 2.97. The fourth-order valence-electron chi connectivity index (χ4n) is 4.27. The second-order valence-corrected chi connectivity index (χ2v) is 8.12. The third-order valence-corrected chi connectivity index (χ3v) is 5.85. The van der Waals surface area contributed by atoms with Crippen LogP contribution >= 0.6 is 0 Å². The van der Waals surface area contributed by atoms with Gasteiger partial charge in [-0.05, 0) is 62.1 Å². The van der Waals surface area contributed by atoms with Crippen LogP contribution in [0.2, 0.25) is 0 Å². The van der Waals surface area contributed by atoms with Gasteiger partial charge in [-0.2, -0.15) is 0 Å². The van der Waals surface area contributed by atoms with Crippen LogP contribution in [0.15, 0.2) is 36.4 Å². The standard InChI is InChI=1S/C24H29N3O4/c1-16-5-3-6-17(2)24(16)26-22(28)14-25-23(29)15-27-10-4-7-19(27)18-8-9-20-21(13-18)31-12-11-30-20/h3,5-6,8-9,13,19H,4,7,10-12,14-15H2,1-2H3,(H,25,29)(H,26,28)/t19-/m1/s1. The van der Waals surface area contributed by atoms with E-state index in [1.54, 1.807) is 0 Å². The first kappa shape index (κ1) is 21.2. The lowest BCUT2D eigenvalue weighted by Crippen LogP contribution is -2.40. The van der Waals surface area contributed by atoms with E-state index in [0.29, 0.717) is 13.2 Å². The van der Waals surface area contributed by atoms with Crippen LogP contribution in [0.4, 0.5) is 5.69 Å². The van der Waals surface area contributed by atoms with Gasteiger partial charge in [0, 0.05) is 11.7 Å². The highest BCUT2D eigenvalue weighted by Crippen LogP contribution is 2.37. The lowest BCUT2D eigenvalue weighted by Gasteiger charge is -2.26. The number of carbonyl (C=O) groups excluding carboxylic acids is 2. The summed E-state index contributed by atoms with van der Waals surface area (Å²) in [7, 11) is 0. The van der Waals surface area contributed by atoms with Crippen LogP contribution < -0.4 is 20.1 Å². The number of nitrogens with one attached hydrogen (secondary N) is 2. The first-order valence-electron chi connectivity index (χ1n) is 10.8. The summed E-state index contributed by atoms with van der Waals surface area (Å²) in [6.07, 6.45) is 2.01. The van der Waals surface area contributed by atoms with Gasteiger partial charge in [-0.15, -0.1) is 0 Å². The largest absolute Gasteiger partial charge is 0.486 e. The van der Waals surface area contributed by atoms with E-state index in [4.69, 9.17) is 9.47 Å². The van der Waals surface area contributed by atoms with Gasteiger partial charge in [0.1, 0.15) is 13.2 Å². The van der Waals surface area contributed by atoms with Gasteiger partial charge in [-0.25, -0.2) is 0 Å². The van der Waals surface area contributed by atoms with Crippen molar-refractivity contribution in [2.45, 2.75) is 32.7 Å². The van der Waals surface area contributed by atoms with E-state index in [9.17, 15) is 9.59 Å². The SMILES string of the molecule is Cc1cccc(C)c1NC(=O)CNC(=O)CN1CCC[C@@H]1c1ccc2c(c1)OCCO2. The number of carbonyl (C=O) groups is 2. The molecule has 2 aliphatic heterocycles. The number of nitrogens with zero attached hydrogens (tertiary/aromatic N) is 1. The van der Waals surface area contributed by atoms with Crippen molar-refractivity contribution in [3.8, 4) is 11.5 Å². The number of likely N-dealkylation sites (tertiary alicyclic amines) is 1. The lowest BCUT2D eigenvalue weighted by molar-refractivity contribution is -0.125. The molecule has 31 heavy (non-hydrogen) atoms. The third kappa shape index (κ3) is 4.99. The number of rotatable bonds is 6. The van der Waals surface area contributed by atoms with Crippen LogP contribution in [0, 0.1) is 13.8 Å². The molecule has 2 aromatic carbocycles. The smallest absolute Gasteiger partial charge is 0.243 e. The van der Waals surface area contributed by atoms with Crippen molar-refractivity contribution in [2.24, 2.45) is 0 Å². The van der Waals surface area contributed by atoms with Crippen LogP contribution in [0.5, 0.6) is 11.5 Å². The van der Waals surface area contributed by atoms with Gasteiger partial charge in [-0.3, -0.25) is 14.5 Å². The van der Waals surface area contributed by atoms with Gasteiger partial charge >= 0.3 is 0 Å². The average Bonchev–Trinajstić information content (AvgIpc) is 3.22. The van der Waals surface area contributed by atoms with Crippen molar-refractivity contribution in [3.05, 3.63) is 53.1 Å². The molecule has 1 saturated heterocycles. The number of hydrogen-bond donors (Lipinski definition) is 2. The highest BCUT2D eigenvalue weighted by Gasteiger charge is 2.28. The number of anilines is 1. The molecule has 0 radical (unpaired) electrons. The van der Waals surface area contributed by atoms with Crippen LogP contribution in [0.1, 0.15) is 35.6 Å². The molecular formula is C24H29N3O4. The van der Waals surface area contributed by atoms with Crippen molar-refractivity contribution in [1.29, 1.82) is 0 Å². The number of fused-ring (bicyclic) bond motifs is 1. The van der Waals surface area contributed by atoms with E-state index >= 15 is 0 Å². The van der Waals surface area contributed by atoms with Gasteiger partial charge in [0.2, 0.25) is 11.8 Å². The molecule has 0 aromatic heterocycles. The van der Waals surface area contributed by atoms with Crippen LogP contribution in [0.25, 0.3) is 0 Å². The summed E-state index contributed by atoms with van der Waals surface area (Å²) in [6.45, 7) is 6.08. The van der Waals surface area contributed by atoms with E-state index in [0.717, 1.165) is 53.3 Å². The molecular weight excluding hydrogens is 394 g/mol. The Morgan fingerprint density at radius 1 is 1.03 bits per heavy atom. The predicted molar refractivity (Wildman–Crippen MR) is 119 cm³/mol. The van der Waals surface area contributed by atoms with Gasteiger partial charge in [0.25, 0.3) is 0 Å². The number of ether oxygens (including phenoxy) is 2. The molecule has 1 atom stereocenters. The van der Waals surface area contributed by atoms with Crippen molar-refractivity contribution < 1.29 is 19.1 Å². The number of benzene rings is 2. The minimum atomic E-state index is -0.226. The summed E-state index contributed by atoms with van der Waals surface area (Å²) >= 11 is 0. The Bertz CT molecular complexity index is 955. The highest BCUT2D eigenvalue weighted by atomic mass is 16.6. The Morgan fingerprint density at radius 2 is 1.77 bits per heavy atom. The van der Waals surface area contributed by atoms with E-state index in [1.165, 1.54) is 0 Å². The molecule has 2 aromatic rings. The maximum Gasteiger partial charge on any atom is 0.243 e. The maximum atomic E-state index is 12.5. The van der Waals surface area contributed by atoms with E-state index in [2.05, 4.69) is 15.5 Å². The quantitative estimate of drug-likeness (QED) is 0.747. The molecule has 164 valence electrons. The summed E-state index contributed by atoms with van der Waals surface area (Å²) in [5, 5.41) is 5.65. The first-order chi connectivity index (χ1) is 15.0. The summed E-state index contributed by atoms with van der Waals surface area (Å²) in [6, 6.07) is 12.0. The monoisotopic (exact) mass is 423 g/mol. The number of para-hydroxylation sites is 1. The van der Waals surface area contributed by atoms with E-state index in [1.807, 2.05) is 50.2 Å². The zero-order chi connectivity index (χ0) is 21.8. The second kappa shape index (κ2) is 9.39. The molecule has 2 N–H and O–H groups in total. The molecule has 2 amide bonds. The molecule has 2 aliphatic rings. The van der Waals surface area contributed by atoms with Crippen LogP contribution in [-0.4, -0.2) is 49.6 Å². The Kier molecular flexibility index (Phi) is 6.42. The molecule has 0 aliphatic carbocycles. The third-order valence-electron chi connectivity index (χ3n) is 5.85. The van der Waals surface area contributed by atoms with Gasteiger partial charge in [0.05, 0.1) is 13.1 Å². The van der Waals surface area contributed by atoms with E-state index < -0.39 is 0 Å². The highest BCUT2D eigenvalue weighted by molar-refractivity contribution is 5.95. The van der Waals surface area contributed by atoms with Gasteiger partial charge in [-0.1, -0.05) is 24.3 Å². The van der Waals surface area contributed by atoms with Gasteiger partial charge in [0.15, 0.2) is 11.5 Å². The zero-order valence-electron chi connectivity index (χ0n) is 18.1. The molecule has 0 unspecified atom stereocenters. The fourth-order valence-corrected chi connectivity index (χ4v) is 4.27. The molecule has 0 saturated carbocycles. The van der Waals surface area contributed by atoms with Crippen LogP contribution in [-0.2, 0) is 9.59 Å². The second-order valence-electron chi connectivity index (χ2n) is 8.12. The minimum absolute atomic E-state index is 0.0465. The Balaban J connectivity index is 1.31. The topological polar surface area (TPSA) is 79.9 Å². The Morgan fingerprint density at radius 3 is 2.55 bits per heavy atom. The lowest BCUT2D eigenvalue weighted by atomic mass is 10.0. The summed E-state index contributed by atoms with van der Waals surface area (Å²) in [5.41, 5.74) is 3.93. The molecule has 1 fully saturated rings.